The molecule has 0 bridgehead atoms. The van der Waals surface area contributed by atoms with Crippen LogP contribution in [-0.4, -0.2) is 207 Å². The maximum absolute atomic E-state index is 14.0. The van der Waals surface area contributed by atoms with Crippen LogP contribution in [0, 0.1) is 41.6 Å². The zero-order valence-electron chi connectivity index (χ0n) is 57.3. The Balaban J connectivity index is 0.000000190. The van der Waals surface area contributed by atoms with E-state index in [2.05, 4.69) is 52.4 Å². The molecule has 0 spiro atoms. The molecule has 12 rings (SSSR count). The monoisotopic (exact) mass is 1510 g/mol. The van der Waals surface area contributed by atoms with Gasteiger partial charge in [0.25, 0.3) is 0 Å². The number of nitrogen functional groups attached to an aromatic ring is 1. The number of aromatic nitrogens is 6. The largest absolute Gasteiger partial charge is 0.478 e. The Labute approximate surface area is 602 Å². The van der Waals surface area contributed by atoms with E-state index in [0.717, 1.165) is 45.0 Å². The second-order valence-electron chi connectivity index (χ2n) is 24.4. The summed E-state index contributed by atoms with van der Waals surface area (Å²) in [7, 11) is 0. The Bertz CT molecular complexity index is 3590. The zero-order chi connectivity index (χ0) is 74.1. The minimum Gasteiger partial charge on any atom is -0.478 e. The Morgan fingerprint density at radius 3 is 1.26 bits per heavy atom. The molecule has 0 aliphatic carbocycles. The molecule has 6 aromatic heterocycles. The summed E-state index contributed by atoms with van der Waals surface area (Å²) in [5.41, 5.74) is 5.00. The average molecular weight is 1510 g/mol. The van der Waals surface area contributed by atoms with Gasteiger partial charge >= 0.3 is 12.1 Å². The van der Waals surface area contributed by atoms with Crippen molar-refractivity contribution < 1.29 is 78.6 Å². The van der Waals surface area contributed by atoms with E-state index in [-0.39, 0.29) is 68.0 Å². The molecule has 0 saturated carbocycles. The van der Waals surface area contributed by atoms with Gasteiger partial charge in [-0.15, -0.1) is 0 Å². The van der Waals surface area contributed by atoms with Crippen LogP contribution in [0.4, 0.5) is 76.0 Å². The summed E-state index contributed by atoms with van der Waals surface area (Å²) in [6, 6.07) is 17.2. The van der Waals surface area contributed by atoms with Crippen molar-refractivity contribution in [2.75, 3.05) is 154 Å². The lowest BCUT2D eigenvalue weighted by Gasteiger charge is -2.34. The minimum atomic E-state index is -1.27. The second-order valence-corrected chi connectivity index (χ2v) is 26.0. The van der Waals surface area contributed by atoms with Crippen molar-refractivity contribution in [1.82, 2.24) is 35.2 Å². The summed E-state index contributed by atoms with van der Waals surface area (Å²) in [5, 5.41) is 13.9. The number of morpholine rings is 6. The van der Waals surface area contributed by atoms with Crippen LogP contribution >= 0.6 is 46.4 Å². The molecule has 24 nitrogen and oxygen atoms in total. The first-order valence-electron chi connectivity index (χ1n) is 32.2. The van der Waals surface area contributed by atoms with Crippen LogP contribution in [0.2, 0.25) is 20.1 Å². The number of amides is 1. The van der Waals surface area contributed by atoms with Crippen LogP contribution in [-0.2, 0) is 33.2 Å². The molecular formula is C66H85Cl4F7N14O10. The van der Waals surface area contributed by atoms with Crippen LogP contribution in [0.15, 0.2) is 66.7 Å². The number of nitrogens with two attached hydrogens (primary N) is 1. The van der Waals surface area contributed by atoms with Gasteiger partial charge in [-0.1, -0.05) is 58.5 Å². The highest BCUT2D eigenvalue weighted by atomic mass is 35.5. The smallest absolute Gasteiger partial charge is 0.412 e. The third-order valence-electron chi connectivity index (χ3n) is 15.2. The lowest BCUT2D eigenvalue weighted by Crippen LogP contribution is -2.44. The molecule has 6 aliphatic heterocycles. The van der Waals surface area contributed by atoms with Gasteiger partial charge < -0.3 is 73.8 Å². The highest BCUT2D eigenvalue weighted by Gasteiger charge is 2.28. The maximum atomic E-state index is 14.0. The topological polar surface area (TPSA) is 263 Å². The Hall–Kier alpha value is -7.17. The number of carbonyl (C=O) groups is 2. The number of ether oxygens (including phenoxy) is 7. The Morgan fingerprint density at radius 1 is 0.505 bits per heavy atom. The van der Waals surface area contributed by atoms with E-state index in [9.17, 15) is 40.3 Å². The fourth-order valence-corrected chi connectivity index (χ4v) is 10.6. The van der Waals surface area contributed by atoms with E-state index in [1.165, 1.54) is 30.3 Å². The van der Waals surface area contributed by atoms with E-state index in [1.807, 2.05) is 55.4 Å². The molecule has 6 fully saturated rings. The first-order chi connectivity index (χ1) is 47.9. The highest BCUT2D eigenvalue weighted by molar-refractivity contribution is 6.34. The summed E-state index contributed by atoms with van der Waals surface area (Å²) in [6.07, 6.45) is -0.703. The fraction of sp³-hybridized carbons (Fsp3) is 0.515. The van der Waals surface area contributed by atoms with Crippen molar-refractivity contribution in [2.24, 2.45) is 0 Å². The van der Waals surface area contributed by atoms with E-state index >= 15 is 0 Å². The molecule has 6 saturated heterocycles. The lowest BCUT2D eigenvalue weighted by atomic mass is 10.2. The van der Waals surface area contributed by atoms with Crippen molar-refractivity contribution >= 4 is 98.9 Å². The van der Waals surface area contributed by atoms with Crippen molar-refractivity contribution in [3.05, 3.63) is 134 Å². The number of anilines is 7. The fourth-order valence-electron chi connectivity index (χ4n) is 10.1. The van der Waals surface area contributed by atoms with Crippen LogP contribution in [0.25, 0.3) is 0 Å². The predicted molar refractivity (Wildman–Crippen MR) is 373 cm³/mol. The number of nitrogens with one attached hydrogen (secondary N) is 2. The molecule has 101 heavy (non-hydrogen) atoms. The summed E-state index contributed by atoms with van der Waals surface area (Å²) >= 11 is 22.7. The van der Waals surface area contributed by atoms with Gasteiger partial charge in [-0.3, -0.25) is 5.32 Å². The number of halogens is 11. The van der Waals surface area contributed by atoms with Gasteiger partial charge in [-0.25, -0.2) is 34.5 Å². The highest BCUT2D eigenvalue weighted by Crippen LogP contribution is 2.32. The average Bonchev–Trinajstić information content (AvgIpc) is 0.844. The van der Waals surface area contributed by atoms with E-state index in [1.54, 1.807) is 43.9 Å². The number of pyridine rings is 6. The molecule has 35 heteroatoms. The molecule has 0 aromatic carbocycles. The van der Waals surface area contributed by atoms with Gasteiger partial charge in [0.05, 0.1) is 131 Å². The maximum Gasteiger partial charge on any atom is 0.412 e. The Kier molecular flexibility index (Phi) is 33.3. The normalized spacial score (nSPS) is 20.5. The molecular weight excluding hydrogens is 1420 g/mol. The van der Waals surface area contributed by atoms with E-state index < -0.39 is 64.3 Å². The van der Waals surface area contributed by atoms with Crippen LogP contribution in [0.1, 0.15) is 72.7 Å². The quantitative estimate of drug-likeness (QED) is 0.0855. The Morgan fingerprint density at radius 2 is 0.891 bits per heavy atom. The van der Waals surface area contributed by atoms with Gasteiger partial charge in [-0.05, 0) is 105 Å². The van der Waals surface area contributed by atoms with Crippen LogP contribution < -0.4 is 40.9 Å². The van der Waals surface area contributed by atoms with Crippen molar-refractivity contribution in [2.45, 2.75) is 104 Å². The standard InChI is InChI=1S/C15H21ClFN3O3.C11H12ClFN2O3.C10H13ClFN3O.C10H12ClFN2O.C10H13FN2O.C5H3F2N.C5H11NO/c1-9-8-22-6-5-20(9)11-7-10(12(16)13(17)19-11)18-14(21)23-15(2,3)4;1-6-5-18-3-2-15(6)8-4-7(11(16)17)9(12)10(13)14-8;1-6-5-16-3-2-15(6)8-4-7(13)9(11)10(12)14-8;1-7-6-15-5-4-14(7)9-3-2-8(11)10(12)13-9;1-8-7-14-6-5-13(8)10-4-2-3-9(11)12-10;6-4-2-1-3-5(7)8-4;1-5-4-7-3-2-6-5/h7,9H,5-6,8H2,1-4H3,(H,18,19,21);4,6H,2-3,5H2,1H3,(H,16,17);4,6H,2-3,5H2,1H3,(H2,13,14);2-3,7H,4-6H2,1H3;2-4,8H,5-7H2,1H3;1-3H;5-6H,2-4H2,1H3/t9-;2*6-;7-;8-;;5-/m00000.0/s1. The molecule has 6 atom stereocenters. The van der Waals surface area contributed by atoms with Crippen molar-refractivity contribution in [3.63, 3.8) is 0 Å². The summed E-state index contributed by atoms with van der Waals surface area (Å²) < 4.78 is 127. The second kappa shape index (κ2) is 40.6. The van der Waals surface area contributed by atoms with Crippen LogP contribution in [0.5, 0.6) is 0 Å². The number of aromatic carboxylic acids is 1. The first kappa shape index (κ1) is 82.8. The number of carboxylic acids is 1. The minimum absolute atomic E-state index is 0.00784. The molecule has 556 valence electrons. The SMILES string of the molecule is C[C@H]1COCCN1.C[C@H]1COCCN1c1cc(C(=O)O)c(Cl)c(F)n1.C[C@H]1COCCN1c1cc(N)c(Cl)c(F)n1.C[C@H]1COCCN1c1cc(NC(=O)OC(C)(C)C)c(Cl)c(F)n1.C[C@H]1COCCN1c1ccc(Cl)c(F)n1.C[C@H]1COCCN1c1cccc(F)n1.Fc1cccc(F)n1. The van der Waals surface area contributed by atoms with Gasteiger partial charge in [0.1, 0.15) is 49.8 Å². The van der Waals surface area contributed by atoms with Gasteiger partial charge in [-0.2, -0.15) is 35.7 Å². The number of carbonyl (C=O) groups excluding carboxylic acids is 1. The van der Waals surface area contributed by atoms with E-state index in [0.29, 0.717) is 115 Å². The molecule has 0 unspecified atom stereocenters. The number of carboxylic acid groups (broad SMARTS) is 1. The summed E-state index contributed by atoms with van der Waals surface area (Å²) in [4.78, 5) is 54.5. The van der Waals surface area contributed by atoms with Crippen LogP contribution in [0.3, 0.4) is 0 Å². The number of hydrogen-bond acceptors (Lipinski definition) is 22. The molecule has 6 aromatic rings. The lowest BCUT2D eigenvalue weighted by molar-refractivity contribution is 0.0633. The number of hydrogen-bond donors (Lipinski definition) is 4. The summed E-state index contributed by atoms with van der Waals surface area (Å²) in [6.45, 7) is 29.2. The van der Waals surface area contributed by atoms with Gasteiger partial charge in [0.15, 0.2) is 0 Å². The molecule has 0 radical (unpaired) electrons. The van der Waals surface area contributed by atoms with Gasteiger partial charge in [0, 0.05) is 57.4 Å². The molecule has 5 N–H and O–H groups in total. The molecule has 12 heterocycles. The number of rotatable bonds is 7. The number of nitrogens with zero attached hydrogens (tertiary/aromatic N) is 11. The summed E-state index contributed by atoms with van der Waals surface area (Å²) in [5.74, 6) is -3.94. The zero-order valence-corrected chi connectivity index (χ0v) is 60.3. The van der Waals surface area contributed by atoms with Gasteiger partial charge in [0.2, 0.25) is 41.6 Å². The third kappa shape index (κ3) is 26.6. The van der Waals surface area contributed by atoms with Crippen molar-refractivity contribution in [1.29, 1.82) is 0 Å². The van der Waals surface area contributed by atoms with E-state index in [4.69, 9.17) is 90.4 Å². The first-order valence-corrected chi connectivity index (χ1v) is 33.7. The third-order valence-corrected chi connectivity index (χ3v) is 16.6. The molecule has 6 aliphatic rings. The molecule has 1 amide bonds. The van der Waals surface area contributed by atoms with Crippen molar-refractivity contribution in [3.8, 4) is 0 Å². The predicted octanol–water partition coefficient (Wildman–Crippen LogP) is 11.8.